The van der Waals surface area contributed by atoms with E-state index in [-0.39, 0.29) is 29.6 Å². The molecule has 1 unspecified atom stereocenters. The number of aliphatic hydroxyl groups excluding tert-OH is 1. The zero-order valence-electron chi connectivity index (χ0n) is 13.7. The second-order valence-electron chi connectivity index (χ2n) is 6.19. The highest BCUT2D eigenvalue weighted by Gasteiger charge is 2.27. The molecule has 24 heavy (non-hydrogen) atoms. The monoisotopic (exact) mass is 327 g/mol. The van der Waals surface area contributed by atoms with Gasteiger partial charge in [0.25, 0.3) is 5.91 Å². The van der Waals surface area contributed by atoms with Crippen LogP contribution < -0.4 is 5.43 Å². The summed E-state index contributed by atoms with van der Waals surface area (Å²) in [4.78, 5) is 26.7. The van der Waals surface area contributed by atoms with Crippen molar-refractivity contribution >= 4 is 5.91 Å². The maximum atomic E-state index is 12.7. The Labute approximate surface area is 140 Å². The van der Waals surface area contributed by atoms with E-state index >= 15 is 0 Å². The number of amides is 1. The molecule has 1 N–H and O–H groups in total. The van der Waals surface area contributed by atoms with E-state index in [0.29, 0.717) is 18.8 Å². The van der Waals surface area contributed by atoms with Crippen molar-refractivity contribution < 1.29 is 9.90 Å². The van der Waals surface area contributed by atoms with Crippen LogP contribution in [0.3, 0.4) is 0 Å². The Hall–Kier alpha value is -2.47. The van der Waals surface area contributed by atoms with Gasteiger partial charge >= 0.3 is 0 Å². The molecule has 1 amide bonds. The van der Waals surface area contributed by atoms with Crippen LogP contribution in [0.1, 0.15) is 29.0 Å². The molecule has 1 atom stereocenters. The van der Waals surface area contributed by atoms with Crippen molar-refractivity contribution in [2.24, 2.45) is 5.92 Å². The molecule has 1 saturated heterocycles. The van der Waals surface area contributed by atoms with Crippen LogP contribution >= 0.6 is 0 Å². The predicted molar refractivity (Wildman–Crippen MR) is 90.3 cm³/mol. The van der Waals surface area contributed by atoms with Crippen LogP contribution in [0.15, 0.2) is 41.2 Å². The highest BCUT2D eigenvalue weighted by Crippen LogP contribution is 2.17. The summed E-state index contributed by atoms with van der Waals surface area (Å²) in [5.41, 5.74) is 1.05. The summed E-state index contributed by atoms with van der Waals surface area (Å²) < 4.78 is 1.61. The van der Waals surface area contributed by atoms with E-state index in [9.17, 15) is 14.7 Å². The third-order valence-corrected chi connectivity index (χ3v) is 4.38. The largest absolute Gasteiger partial charge is 0.396 e. The van der Waals surface area contributed by atoms with Gasteiger partial charge in [0, 0.05) is 31.5 Å². The summed E-state index contributed by atoms with van der Waals surface area (Å²) in [5, 5.41) is 13.6. The molecular weight excluding hydrogens is 306 g/mol. The third-order valence-electron chi connectivity index (χ3n) is 4.38. The number of hydrogen-bond acceptors (Lipinski definition) is 4. The minimum atomic E-state index is -0.365. The van der Waals surface area contributed by atoms with E-state index < -0.39 is 0 Å². The molecule has 0 saturated carbocycles. The molecule has 2 heterocycles. The Kier molecular flexibility index (Phi) is 4.76. The average Bonchev–Trinajstić information content (AvgIpc) is 2.62. The molecule has 6 nitrogen and oxygen atoms in total. The van der Waals surface area contributed by atoms with E-state index in [1.807, 2.05) is 30.3 Å². The number of aromatic nitrogens is 2. The van der Waals surface area contributed by atoms with Gasteiger partial charge in [-0.3, -0.25) is 9.59 Å². The number of para-hydroxylation sites is 1. The molecule has 0 aliphatic carbocycles. The Morgan fingerprint density at radius 1 is 1.33 bits per heavy atom. The lowest BCUT2D eigenvalue weighted by Gasteiger charge is -2.31. The summed E-state index contributed by atoms with van der Waals surface area (Å²) in [6.45, 7) is 2.91. The highest BCUT2D eigenvalue weighted by atomic mass is 16.3. The minimum absolute atomic E-state index is 0.0549. The van der Waals surface area contributed by atoms with E-state index in [2.05, 4.69) is 5.10 Å². The van der Waals surface area contributed by atoms with Crippen molar-refractivity contribution in [3.8, 4) is 5.69 Å². The second-order valence-corrected chi connectivity index (χ2v) is 6.19. The van der Waals surface area contributed by atoms with Gasteiger partial charge < -0.3 is 10.0 Å². The van der Waals surface area contributed by atoms with E-state index in [1.54, 1.807) is 16.5 Å². The normalized spacial score (nSPS) is 17.8. The second kappa shape index (κ2) is 6.97. The molecule has 0 spiro atoms. The number of aliphatic hydroxyl groups is 1. The number of carbonyl (C=O) groups is 1. The number of aryl methyl sites for hydroxylation is 1. The lowest BCUT2D eigenvalue weighted by atomic mass is 9.99. The van der Waals surface area contributed by atoms with Crippen LogP contribution in [0.4, 0.5) is 0 Å². The first kappa shape index (κ1) is 16.4. The molecule has 0 bridgehead atoms. The Morgan fingerprint density at radius 3 is 2.79 bits per heavy atom. The van der Waals surface area contributed by atoms with Crippen LogP contribution in [0.25, 0.3) is 5.69 Å². The van der Waals surface area contributed by atoms with Crippen LogP contribution in [0.2, 0.25) is 0 Å². The highest BCUT2D eigenvalue weighted by molar-refractivity contribution is 5.92. The van der Waals surface area contributed by atoms with Crippen molar-refractivity contribution in [1.29, 1.82) is 0 Å². The predicted octanol–water partition coefficient (Wildman–Crippen LogP) is 1.39. The van der Waals surface area contributed by atoms with E-state index in [4.69, 9.17) is 0 Å². The number of piperidine rings is 1. The summed E-state index contributed by atoms with van der Waals surface area (Å²) >= 11 is 0. The third kappa shape index (κ3) is 3.23. The van der Waals surface area contributed by atoms with Crippen molar-refractivity contribution in [3.05, 3.63) is 58.0 Å². The van der Waals surface area contributed by atoms with Crippen LogP contribution in [-0.2, 0) is 0 Å². The molecule has 6 heteroatoms. The maximum Gasteiger partial charge on any atom is 0.278 e. The van der Waals surface area contributed by atoms with Crippen molar-refractivity contribution in [3.63, 3.8) is 0 Å². The lowest BCUT2D eigenvalue weighted by molar-refractivity contribution is 0.0611. The van der Waals surface area contributed by atoms with Gasteiger partial charge in [0.2, 0.25) is 5.43 Å². The summed E-state index contributed by atoms with van der Waals surface area (Å²) in [7, 11) is 0. The van der Waals surface area contributed by atoms with Crippen molar-refractivity contribution in [2.45, 2.75) is 19.8 Å². The number of rotatable bonds is 3. The van der Waals surface area contributed by atoms with Crippen molar-refractivity contribution in [2.75, 3.05) is 19.7 Å². The number of hydrogen-bond donors (Lipinski definition) is 1. The molecule has 1 aromatic carbocycles. The first-order valence-electron chi connectivity index (χ1n) is 8.16. The van der Waals surface area contributed by atoms with E-state index in [1.165, 1.54) is 6.07 Å². The number of likely N-dealkylation sites (tertiary alicyclic amines) is 1. The molecule has 3 rings (SSSR count). The first-order chi connectivity index (χ1) is 11.6. The van der Waals surface area contributed by atoms with Gasteiger partial charge in [0.05, 0.1) is 5.69 Å². The van der Waals surface area contributed by atoms with Crippen molar-refractivity contribution in [1.82, 2.24) is 14.7 Å². The fraction of sp³-hybridized carbons (Fsp3) is 0.389. The molecule has 1 fully saturated rings. The molecule has 2 aromatic rings. The molecule has 0 radical (unpaired) electrons. The fourth-order valence-electron chi connectivity index (χ4n) is 3.07. The summed E-state index contributed by atoms with van der Waals surface area (Å²) in [5.74, 6) is -0.285. The lowest BCUT2D eigenvalue weighted by Crippen LogP contribution is -2.43. The molecule has 126 valence electrons. The first-order valence-corrected chi connectivity index (χ1v) is 8.16. The SMILES string of the molecule is Cc1cc(=O)c(C(=O)N2CCCC(CO)C2)nn1-c1ccccc1. The standard InChI is InChI=1S/C18H21N3O3/c1-13-10-16(23)17(19-21(13)15-7-3-2-4-8-15)18(24)20-9-5-6-14(11-20)12-22/h2-4,7-8,10,14,22H,5-6,9,11-12H2,1H3. The molecule has 1 aliphatic rings. The average molecular weight is 327 g/mol. The molecular formula is C18H21N3O3. The zero-order valence-corrected chi connectivity index (χ0v) is 13.7. The van der Waals surface area contributed by atoms with Gasteiger partial charge in [-0.05, 0) is 37.8 Å². The van der Waals surface area contributed by atoms with Gasteiger partial charge in [-0.25, -0.2) is 4.68 Å². The molecule has 1 aromatic heterocycles. The Balaban J connectivity index is 1.96. The quantitative estimate of drug-likeness (QED) is 0.924. The number of carbonyl (C=O) groups excluding carboxylic acids is 1. The number of nitrogens with zero attached hydrogens (tertiary/aromatic N) is 3. The summed E-state index contributed by atoms with van der Waals surface area (Å²) in [6.07, 6.45) is 1.73. The maximum absolute atomic E-state index is 12.7. The minimum Gasteiger partial charge on any atom is -0.396 e. The smallest absolute Gasteiger partial charge is 0.278 e. The van der Waals surface area contributed by atoms with E-state index in [0.717, 1.165) is 18.5 Å². The van der Waals surface area contributed by atoms with Gasteiger partial charge in [-0.2, -0.15) is 5.10 Å². The van der Waals surface area contributed by atoms with Crippen LogP contribution in [-0.4, -0.2) is 45.4 Å². The van der Waals surface area contributed by atoms with Gasteiger partial charge in [-0.15, -0.1) is 0 Å². The van der Waals surface area contributed by atoms with Gasteiger partial charge in [-0.1, -0.05) is 18.2 Å². The van der Waals surface area contributed by atoms with Gasteiger partial charge in [0.1, 0.15) is 0 Å². The van der Waals surface area contributed by atoms with Gasteiger partial charge in [0.15, 0.2) is 5.69 Å². The molecule has 1 aliphatic heterocycles. The Bertz CT molecular complexity index is 786. The number of benzene rings is 1. The summed E-state index contributed by atoms with van der Waals surface area (Å²) in [6, 6.07) is 10.9. The fourth-order valence-corrected chi connectivity index (χ4v) is 3.07. The van der Waals surface area contributed by atoms with Crippen LogP contribution in [0, 0.1) is 12.8 Å². The zero-order chi connectivity index (χ0) is 17.1. The Morgan fingerprint density at radius 2 is 2.08 bits per heavy atom. The topological polar surface area (TPSA) is 75.4 Å². The van der Waals surface area contributed by atoms with Crippen LogP contribution in [0.5, 0.6) is 0 Å².